The van der Waals surface area contributed by atoms with Gasteiger partial charge >= 0.3 is 0 Å². The summed E-state index contributed by atoms with van der Waals surface area (Å²) >= 11 is 0. The number of hydrogen-bond acceptors (Lipinski definition) is 3. The molecule has 0 aliphatic heterocycles. The number of nitrogens with one attached hydrogen (secondary N) is 1. The Morgan fingerprint density at radius 2 is 1.95 bits per heavy atom. The molecule has 1 aromatic rings. The molecule has 0 aromatic carbocycles. The van der Waals surface area contributed by atoms with Gasteiger partial charge in [0.1, 0.15) is 12.2 Å². The molecule has 0 unspecified atom stereocenters. The minimum absolute atomic E-state index is 0.611. The first kappa shape index (κ1) is 15.5. The van der Waals surface area contributed by atoms with Crippen LogP contribution in [-0.4, -0.2) is 21.3 Å². The van der Waals surface area contributed by atoms with Gasteiger partial charge in [-0.25, -0.2) is 9.67 Å². The van der Waals surface area contributed by atoms with E-state index in [1.165, 1.54) is 32.1 Å². The van der Waals surface area contributed by atoms with Crippen LogP contribution < -0.4 is 5.32 Å². The second-order valence-electron chi connectivity index (χ2n) is 6.68. The molecule has 4 heteroatoms. The zero-order valence-electron chi connectivity index (χ0n) is 13.3. The molecule has 0 amide bonds. The van der Waals surface area contributed by atoms with Crippen molar-refractivity contribution in [2.45, 2.75) is 66.0 Å². The molecule has 4 nitrogen and oxygen atoms in total. The van der Waals surface area contributed by atoms with Crippen LogP contribution >= 0.6 is 0 Å². The highest BCUT2D eigenvalue weighted by atomic mass is 15.3. The summed E-state index contributed by atoms with van der Waals surface area (Å²) in [6.45, 7) is 9.69. The molecule has 0 bridgehead atoms. The van der Waals surface area contributed by atoms with E-state index < -0.39 is 0 Å². The van der Waals surface area contributed by atoms with Gasteiger partial charge in [-0.3, -0.25) is 0 Å². The molecule has 0 saturated heterocycles. The third-order valence-corrected chi connectivity index (χ3v) is 4.49. The highest BCUT2D eigenvalue weighted by Crippen LogP contribution is 2.30. The third kappa shape index (κ3) is 4.58. The Kier molecular flexibility index (Phi) is 6.02. The van der Waals surface area contributed by atoms with Crippen LogP contribution in [-0.2, 0) is 13.1 Å². The Labute approximate surface area is 123 Å². The zero-order valence-corrected chi connectivity index (χ0v) is 13.3. The Morgan fingerprint density at radius 3 is 2.60 bits per heavy atom. The Hall–Kier alpha value is -0.900. The van der Waals surface area contributed by atoms with Crippen molar-refractivity contribution >= 4 is 0 Å². The van der Waals surface area contributed by atoms with Crippen molar-refractivity contribution in [3.63, 3.8) is 0 Å². The first-order valence-electron chi connectivity index (χ1n) is 8.26. The van der Waals surface area contributed by atoms with Gasteiger partial charge in [0, 0.05) is 6.54 Å². The van der Waals surface area contributed by atoms with E-state index in [-0.39, 0.29) is 0 Å². The molecule has 0 atom stereocenters. The number of nitrogens with zero attached hydrogens (tertiary/aromatic N) is 3. The molecule has 1 saturated carbocycles. The maximum absolute atomic E-state index is 4.37. The summed E-state index contributed by atoms with van der Waals surface area (Å²) in [4.78, 5) is 4.37. The minimum Gasteiger partial charge on any atom is -0.310 e. The molecule has 20 heavy (non-hydrogen) atoms. The second kappa shape index (κ2) is 7.77. The Morgan fingerprint density at radius 1 is 1.25 bits per heavy atom. The number of rotatable bonds is 7. The predicted molar refractivity (Wildman–Crippen MR) is 82.3 cm³/mol. The van der Waals surface area contributed by atoms with E-state index in [2.05, 4.69) is 36.2 Å². The second-order valence-corrected chi connectivity index (χ2v) is 6.68. The molecule has 1 aliphatic carbocycles. The lowest BCUT2D eigenvalue weighted by molar-refractivity contribution is 0.261. The van der Waals surface area contributed by atoms with Gasteiger partial charge < -0.3 is 5.32 Å². The van der Waals surface area contributed by atoms with Crippen molar-refractivity contribution in [2.75, 3.05) is 6.54 Å². The average Bonchev–Trinajstić information content (AvgIpc) is 2.86. The van der Waals surface area contributed by atoms with Crippen molar-refractivity contribution in [1.82, 2.24) is 20.1 Å². The Bertz CT molecular complexity index is 378. The van der Waals surface area contributed by atoms with Crippen LogP contribution in [0.2, 0.25) is 0 Å². The van der Waals surface area contributed by atoms with Gasteiger partial charge in [0.2, 0.25) is 0 Å². The SMILES string of the molecule is CCC1CCC(CNCc2ncnn2CC(C)C)CC1. The smallest absolute Gasteiger partial charge is 0.140 e. The predicted octanol–water partition coefficient (Wildman–Crippen LogP) is 3.24. The third-order valence-electron chi connectivity index (χ3n) is 4.49. The maximum Gasteiger partial charge on any atom is 0.140 e. The summed E-state index contributed by atoms with van der Waals surface area (Å²) in [5.74, 6) is 3.53. The van der Waals surface area contributed by atoms with Crippen molar-refractivity contribution < 1.29 is 0 Å². The molecule has 1 fully saturated rings. The first-order valence-corrected chi connectivity index (χ1v) is 8.26. The molecule has 0 radical (unpaired) electrons. The fourth-order valence-corrected chi connectivity index (χ4v) is 3.16. The monoisotopic (exact) mass is 278 g/mol. The zero-order chi connectivity index (χ0) is 14.4. The summed E-state index contributed by atoms with van der Waals surface area (Å²) in [7, 11) is 0. The van der Waals surface area contributed by atoms with E-state index in [1.54, 1.807) is 6.33 Å². The summed E-state index contributed by atoms with van der Waals surface area (Å²) in [6, 6.07) is 0. The molecule has 0 spiro atoms. The van der Waals surface area contributed by atoms with Gasteiger partial charge in [0.15, 0.2) is 0 Å². The minimum atomic E-state index is 0.611. The quantitative estimate of drug-likeness (QED) is 0.832. The van der Waals surface area contributed by atoms with Gasteiger partial charge in [-0.1, -0.05) is 40.0 Å². The van der Waals surface area contributed by atoms with Crippen LogP contribution in [0, 0.1) is 17.8 Å². The van der Waals surface area contributed by atoms with Crippen LogP contribution in [0.4, 0.5) is 0 Å². The van der Waals surface area contributed by atoms with Gasteiger partial charge in [0.05, 0.1) is 6.54 Å². The summed E-state index contributed by atoms with van der Waals surface area (Å²) < 4.78 is 2.03. The summed E-state index contributed by atoms with van der Waals surface area (Å²) in [5, 5.41) is 7.89. The molecule has 2 rings (SSSR count). The van der Waals surface area contributed by atoms with E-state index in [9.17, 15) is 0 Å². The van der Waals surface area contributed by atoms with Crippen molar-refractivity contribution in [1.29, 1.82) is 0 Å². The fraction of sp³-hybridized carbons (Fsp3) is 0.875. The van der Waals surface area contributed by atoms with Gasteiger partial charge in [-0.05, 0) is 37.1 Å². The van der Waals surface area contributed by atoms with Crippen molar-refractivity contribution in [2.24, 2.45) is 17.8 Å². The van der Waals surface area contributed by atoms with Gasteiger partial charge in [0.25, 0.3) is 0 Å². The van der Waals surface area contributed by atoms with Crippen LogP contribution in [0.25, 0.3) is 0 Å². The molecular weight excluding hydrogens is 248 g/mol. The van der Waals surface area contributed by atoms with Crippen molar-refractivity contribution in [3.05, 3.63) is 12.2 Å². The van der Waals surface area contributed by atoms with E-state index in [1.807, 2.05) is 4.68 Å². The average molecular weight is 278 g/mol. The van der Waals surface area contributed by atoms with Crippen molar-refractivity contribution in [3.8, 4) is 0 Å². The van der Waals surface area contributed by atoms with E-state index >= 15 is 0 Å². The number of aromatic nitrogens is 3. The molecule has 1 aliphatic rings. The molecule has 1 aromatic heterocycles. The highest BCUT2D eigenvalue weighted by molar-refractivity contribution is 4.84. The van der Waals surface area contributed by atoms with E-state index in [4.69, 9.17) is 0 Å². The number of hydrogen-bond donors (Lipinski definition) is 1. The topological polar surface area (TPSA) is 42.7 Å². The Balaban J connectivity index is 1.70. The largest absolute Gasteiger partial charge is 0.310 e. The van der Waals surface area contributed by atoms with Crippen LogP contribution in [0.15, 0.2) is 6.33 Å². The fourth-order valence-electron chi connectivity index (χ4n) is 3.16. The van der Waals surface area contributed by atoms with E-state index in [0.29, 0.717) is 5.92 Å². The summed E-state index contributed by atoms with van der Waals surface area (Å²) in [6.07, 6.45) is 8.66. The highest BCUT2D eigenvalue weighted by Gasteiger charge is 2.19. The van der Waals surface area contributed by atoms with Gasteiger partial charge in [-0.2, -0.15) is 5.10 Å². The molecular formula is C16H30N4. The van der Waals surface area contributed by atoms with Crippen LogP contribution in [0.5, 0.6) is 0 Å². The maximum atomic E-state index is 4.37. The lowest BCUT2D eigenvalue weighted by Gasteiger charge is -2.27. The van der Waals surface area contributed by atoms with Crippen LogP contribution in [0.3, 0.4) is 0 Å². The van der Waals surface area contributed by atoms with Crippen LogP contribution in [0.1, 0.15) is 58.7 Å². The molecule has 1 N–H and O–H groups in total. The normalized spacial score (nSPS) is 23.4. The standard InChI is InChI=1S/C16H30N4/c1-4-14-5-7-15(8-6-14)9-17-10-16-18-12-19-20(16)11-13(2)3/h12-15,17H,4-11H2,1-3H3. The van der Waals surface area contributed by atoms with E-state index in [0.717, 1.165) is 37.3 Å². The summed E-state index contributed by atoms with van der Waals surface area (Å²) in [5.41, 5.74) is 0. The lowest BCUT2D eigenvalue weighted by Crippen LogP contribution is -2.27. The molecule has 1 heterocycles. The first-order chi connectivity index (χ1) is 9.69. The van der Waals surface area contributed by atoms with Gasteiger partial charge in [-0.15, -0.1) is 0 Å². The molecule has 114 valence electrons. The lowest BCUT2D eigenvalue weighted by atomic mass is 9.81.